The summed E-state index contributed by atoms with van der Waals surface area (Å²) in [6, 6.07) is 11.9. The van der Waals surface area contributed by atoms with Crippen LogP contribution in [0.5, 0.6) is 0 Å². The minimum atomic E-state index is -0.708. The fraction of sp³-hybridized carbons (Fsp3) is 0.0714. The number of nitro groups is 1. The Morgan fingerprint density at radius 3 is 2.40 bits per heavy atom. The van der Waals surface area contributed by atoms with Crippen LogP contribution in [0.15, 0.2) is 52.3 Å². The van der Waals surface area contributed by atoms with E-state index >= 15 is 0 Å². The lowest BCUT2D eigenvalue weighted by Gasteiger charge is -2.04. The number of benzene rings is 2. The van der Waals surface area contributed by atoms with Gasteiger partial charge in [-0.25, -0.2) is 0 Å². The van der Waals surface area contributed by atoms with Gasteiger partial charge in [-0.1, -0.05) is 29.5 Å². The molecule has 0 atom stereocenters. The van der Waals surface area contributed by atoms with Crippen molar-refractivity contribution in [1.29, 1.82) is 0 Å². The van der Waals surface area contributed by atoms with E-state index in [0.29, 0.717) is 4.90 Å². The molecule has 0 unspecified atom stereocenters. The van der Waals surface area contributed by atoms with Crippen molar-refractivity contribution in [1.82, 2.24) is 0 Å². The Kier molecular flexibility index (Phi) is 4.42. The molecule has 0 bridgehead atoms. The minimum absolute atomic E-state index is 0.117. The predicted molar refractivity (Wildman–Crippen MR) is 78.6 cm³/mol. The van der Waals surface area contributed by atoms with Gasteiger partial charge in [-0.2, -0.15) is 0 Å². The lowest BCUT2D eigenvalue weighted by Crippen LogP contribution is -1.95. The molecule has 0 N–H and O–H groups in total. The van der Waals surface area contributed by atoms with E-state index in [-0.39, 0.29) is 11.3 Å². The van der Waals surface area contributed by atoms with Crippen molar-refractivity contribution >= 4 is 34.3 Å². The molecule has 0 aliphatic carbocycles. The first-order valence-corrected chi connectivity index (χ1v) is 6.89. The molecule has 0 fully saturated rings. The molecule has 0 aromatic heterocycles. The molecular weight excluding hydrogens is 298 g/mol. The zero-order valence-electron chi connectivity index (χ0n) is 10.5. The van der Waals surface area contributed by atoms with Gasteiger partial charge in [0.15, 0.2) is 0 Å². The van der Waals surface area contributed by atoms with E-state index < -0.39 is 10.2 Å². The number of nitro benzene ring substituents is 1. The normalized spacial score (nSPS) is 10.3. The van der Waals surface area contributed by atoms with Crippen LogP contribution in [0.25, 0.3) is 0 Å². The monoisotopic (exact) mass is 307 g/mol. The number of rotatable bonds is 4. The molecule has 0 spiro atoms. The second kappa shape index (κ2) is 6.07. The van der Waals surface area contributed by atoms with Crippen LogP contribution < -0.4 is 0 Å². The number of carbonyl (C=O) groups is 1. The summed E-state index contributed by atoms with van der Waals surface area (Å²) in [6.45, 7) is 1.97. The van der Waals surface area contributed by atoms with Gasteiger partial charge in [0.25, 0.3) is 10.9 Å². The summed E-state index contributed by atoms with van der Waals surface area (Å²) in [4.78, 5) is 23.0. The third kappa shape index (κ3) is 3.37. The molecule has 0 radical (unpaired) electrons. The molecule has 0 saturated carbocycles. The van der Waals surface area contributed by atoms with Crippen molar-refractivity contribution in [2.45, 2.75) is 16.7 Å². The average Bonchev–Trinajstić information content (AvgIpc) is 2.41. The second-order valence-corrected chi connectivity index (χ2v) is 5.59. The van der Waals surface area contributed by atoms with Crippen LogP contribution in [-0.4, -0.2) is 10.2 Å². The molecule has 0 aliphatic rings. The highest BCUT2D eigenvalue weighted by molar-refractivity contribution is 7.99. The number of carbonyl (C=O) groups excluding carboxylic acids is 1. The first-order valence-electron chi connectivity index (χ1n) is 5.70. The maximum atomic E-state index is 11.1. The maximum absolute atomic E-state index is 11.1. The Balaban J connectivity index is 2.38. The fourth-order valence-electron chi connectivity index (χ4n) is 1.60. The third-order valence-corrected chi connectivity index (χ3v) is 3.92. The van der Waals surface area contributed by atoms with E-state index in [2.05, 4.69) is 0 Å². The molecule has 2 rings (SSSR count). The van der Waals surface area contributed by atoms with Crippen molar-refractivity contribution in [3.8, 4) is 0 Å². The van der Waals surface area contributed by atoms with Crippen LogP contribution in [0.3, 0.4) is 0 Å². The third-order valence-electron chi connectivity index (χ3n) is 2.63. The summed E-state index contributed by atoms with van der Waals surface area (Å²) in [7, 11) is 0. The Morgan fingerprint density at radius 2 is 1.85 bits per heavy atom. The molecular formula is C14H10ClNO3S. The standard InChI is InChI=1S/C14H10ClNO3S/c1-9-2-5-11(6-3-9)20-13-7-4-10(14(15)17)8-12(13)16(18)19/h2-8H,1H3. The van der Waals surface area contributed by atoms with Crippen LogP contribution in [-0.2, 0) is 0 Å². The highest BCUT2D eigenvalue weighted by Crippen LogP contribution is 2.35. The van der Waals surface area contributed by atoms with Crippen molar-refractivity contribution in [2.75, 3.05) is 0 Å². The largest absolute Gasteiger partial charge is 0.284 e. The van der Waals surface area contributed by atoms with E-state index in [4.69, 9.17) is 11.6 Å². The van der Waals surface area contributed by atoms with Crippen LogP contribution in [0.4, 0.5) is 5.69 Å². The van der Waals surface area contributed by atoms with Crippen LogP contribution >= 0.6 is 23.4 Å². The molecule has 20 heavy (non-hydrogen) atoms. The molecule has 4 nitrogen and oxygen atoms in total. The summed E-state index contributed by atoms with van der Waals surface area (Å²) in [6.07, 6.45) is 0. The number of hydrogen-bond acceptors (Lipinski definition) is 4. The van der Waals surface area contributed by atoms with E-state index in [0.717, 1.165) is 10.5 Å². The van der Waals surface area contributed by atoms with Gasteiger partial charge < -0.3 is 0 Å². The van der Waals surface area contributed by atoms with E-state index in [1.807, 2.05) is 31.2 Å². The zero-order valence-corrected chi connectivity index (χ0v) is 12.1. The fourth-order valence-corrected chi connectivity index (χ4v) is 2.62. The summed E-state index contributed by atoms with van der Waals surface area (Å²) in [5.41, 5.74) is 1.11. The van der Waals surface area contributed by atoms with E-state index in [9.17, 15) is 14.9 Å². The highest BCUT2D eigenvalue weighted by Gasteiger charge is 2.17. The van der Waals surface area contributed by atoms with Gasteiger partial charge in [0.1, 0.15) is 0 Å². The first kappa shape index (κ1) is 14.6. The molecule has 0 aliphatic heterocycles. The van der Waals surface area contributed by atoms with Crippen molar-refractivity contribution in [3.63, 3.8) is 0 Å². The van der Waals surface area contributed by atoms with Gasteiger partial charge in [0.05, 0.1) is 9.82 Å². The van der Waals surface area contributed by atoms with Crippen LogP contribution in [0, 0.1) is 17.0 Å². The Labute approximate surface area is 124 Å². The quantitative estimate of drug-likeness (QED) is 0.476. The van der Waals surface area contributed by atoms with Crippen LogP contribution in [0.2, 0.25) is 0 Å². The van der Waals surface area contributed by atoms with Crippen molar-refractivity contribution in [2.24, 2.45) is 0 Å². The van der Waals surface area contributed by atoms with Gasteiger partial charge in [-0.15, -0.1) is 0 Å². The van der Waals surface area contributed by atoms with Crippen molar-refractivity contribution < 1.29 is 9.72 Å². The summed E-state index contributed by atoms with van der Waals surface area (Å²) < 4.78 is 0. The Hall–Kier alpha value is -1.85. The maximum Gasteiger partial charge on any atom is 0.284 e. The number of halogens is 1. The molecule has 6 heteroatoms. The number of aryl methyl sites for hydroxylation is 1. The van der Waals surface area contributed by atoms with Crippen molar-refractivity contribution in [3.05, 3.63) is 63.7 Å². The molecule has 0 amide bonds. The van der Waals surface area contributed by atoms with Gasteiger partial charge in [0, 0.05) is 16.5 Å². The van der Waals surface area contributed by atoms with Gasteiger partial charge in [-0.3, -0.25) is 14.9 Å². The lowest BCUT2D eigenvalue weighted by molar-refractivity contribution is -0.387. The van der Waals surface area contributed by atoms with Gasteiger partial charge in [0.2, 0.25) is 0 Å². The Bertz CT molecular complexity index is 671. The minimum Gasteiger partial charge on any atom is -0.276 e. The Morgan fingerprint density at radius 1 is 1.20 bits per heavy atom. The molecule has 0 heterocycles. The van der Waals surface area contributed by atoms with Crippen LogP contribution in [0.1, 0.15) is 15.9 Å². The molecule has 102 valence electrons. The summed E-state index contributed by atoms with van der Waals surface area (Å²) in [5.74, 6) is 0. The lowest BCUT2D eigenvalue weighted by atomic mass is 10.2. The average molecular weight is 308 g/mol. The molecule has 2 aromatic carbocycles. The summed E-state index contributed by atoms with van der Waals surface area (Å²) >= 11 is 6.62. The van der Waals surface area contributed by atoms with Gasteiger partial charge >= 0.3 is 0 Å². The SMILES string of the molecule is Cc1ccc(Sc2ccc(C(=O)Cl)cc2[N+](=O)[O-])cc1. The van der Waals surface area contributed by atoms with E-state index in [1.54, 1.807) is 0 Å². The summed E-state index contributed by atoms with van der Waals surface area (Å²) in [5, 5.41) is 10.4. The molecule has 0 saturated heterocycles. The number of hydrogen-bond donors (Lipinski definition) is 0. The second-order valence-electron chi connectivity index (χ2n) is 4.13. The number of nitrogens with zero attached hydrogens (tertiary/aromatic N) is 1. The first-order chi connectivity index (χ1) is 9.47. The smallest absolute Gasteiger partial charge is 0.276 e. The predicted octanol–water partition coefficient (Wildman–Crippen LogP) is 4.43. The molecule has 2 aromatic rings. The topological polar surface area (TPSA) is 60.2 Å². The zero-order chi connectivity index (χ0) is 14.7. The van der Waals surface area contributed by atoms with E-state index in [1.165, 1.54) is 30.0 Å². The highest BCUT2D eigenvalue weighted by atomic mass is 35.5. The van der Waals surface area contributed by atoms with Gasteiger partial charge in [-0.05, 0) is 42.8 Å².